The number of carbonyl (C=O) groups excluding carboxylic acids is 1. The first kappa shape index (κ1) is 18.4. The molecule has 0 amide bonds. The van der Waals surface area contributed by atoms with Crippen molar-refractivity contribution in [2.75, 3.05) is 7.11 Å². The van der Waals surface area contributed by atoms with E-state index in [1.807, 2.05) is 36.4 Å². The number of ketones is 1. The quantitative estimate of drug-likeness (QED) is 0.467. The van der Waals surface area contributed by atoms with Crippen molar-refractivity contribution in [1.29, 1.82) is 0 Å². The molecule has 29 heavy (non-hydrogen) atoms. The van der Waals surface area contributed by atoms with Crippen LogP contribution in [0.4, 0.5) is 0 Å². The molecule has 0 atom stereocenters. The maximum absolute atomic E-state index is 13.1. The first-order valence-corrected chi connectivity index (χ1v) is 9.12. The van der Waals surface area contributed by atoms with Crippen molar-refractivity contribution < 1.29 is 19.4 Å². The van der Waals surface area contributed by atoms with Gasteiger partial charge in [0, 0.05) is 16.7 Å². The summed E-state index contributed by atoms with van der Waals surface area (Å²) in [6, 6.07) is 25.3. The summed E-state index contributed by atoms with van der Waals surface area (Å²) >= 11 is 0. The number of hydrogen-bond acceptors (Lipinski definition) is 3. The highest BCUT2D eigenvalue weighted by atomic mass is 16.5. The number of fused-ring (bicyclic) bond motifs is 1. The molecule has 0 heterocycles. The van der Waals surface area contributed by atoms with E-state index >= 15 is 0 Å². The van der Waals surface area contributed by atoms with Crippen LogP contribution in [0.5, 0.6) is 5.75 Å². The molecule has 0 bridgehead atoms. The summed E-state index contributed by atoms with van der Waals surface area (Å²) in [5.74, 6) is -0.375. The number of hydrogen-bond donors (Lipinski definition) is 1. The number of ether oxygens (including phenoxy) is 1. The molecule has 4 heteroatoms. The molecule has 0 saturated carbocycles. The Kier molecular flexibility index (Phi) is 4.83. The Morgan fingerprint density at radius 2 is 1.31 bits per heavy atom. The molecule has 0 aliphatic heterocycles. The molecule has 0 aromatic heterocycles. The molecule has 0 unspecified atom stereocenters. The first-order valence-electron chi connectivity index (χ1n) is 9.12. The molecule has 4 aromatic rings. The van der Waals surface area contributed by atoms with Crippen LogP contribution in [0.15, 0.2) is 84.9 Å². The van der Waals surface area contributed by atoms with Gasteiger partial charge in [0.2, 0.25) is 0 Å². The van der Waals surface area contributed by atoms with Crippen molar-refractivity contribution in [1.82, 2.24) is 0 Å². The van der Waals surface area contributed by atoms with Crippen molar-refractivity contribution in [2.24, 2.45) is 0 Å². The summed E-state index contributed by atoms with van der Waals surface area (Å²) in [6.07, 6.45) is 0. The van der Waals surface area contributed by atoms with Crippen molar-refractivity contribution >= 4 is 22.5 Å². The lowest BCUT2D eigenvalue weighted by Gasteiger charge is -2.11. The molecular weight excluding hydrogens is 364 g/mol. The van der Waals surface area contributed by atoms with Gasteiger partial charge in [0.05, 0.1) is 12.7 Å². The molecule has 0 spiro atoms. The fourth-order valence-electron chi connectivity index (χ4n) is 3.38. The van der Waals surface area contributed by atoms with E-state index in [9.17, 15) is 9.59 Å². The lowest BCUT2D eigenvalue weighted by Crippen LogP contribution is -2.02. The van der Waals surface area contributed by atoms with Crippen LogP contribution in [0.25, 0.3) is 21.9 Å². The van der Waals surface area contributed by atoms with Crippen molar-refractivity contribution in [2.45, 2.75) is 0 Å². The average molecular weight is 382 g/mol. The molecular formula is C25H18O4. The van der Waals surface area contributed by atoms with E-state index in [4.69, 9.17) is 9.84 Å². The van der Waals surface area contributed by atoms with E-state index in [2.05, 4.69) is 0 Å². The van der Waals surface area contributed by atoms with Gasteiger partial charge < -0.3 is 9.84 Å². The van der Waals surface area contributed by atoms with Crippen LogP contribution in [0.1, 0.15) is 26.3 Å². The van der Waals surface area contributed by atoms with E-state index in [0.717, 1.165) is 21.9 Å². The largest absolute Gasteiger partial charge is 0.496 e. The zero-order valence-corrected chi connectivity index (χ0v) is 15.8. The van der Waals surface area contributed by atoms with Crippen molar-refractivity contribution in [3.05, 3.63) is 102 Å². The van der Waals surface area contributed by atoms with Gasteiger partial charge in [-0.05, 0) is 52.7 Å². The third-order valence-electron chi connectivity index (χ3n) is 4.90. The Morgan fingerprint density at radius 1 is 0.724 bits per heavy atom. The van der Waals surface area contributed by atoms with Crippen LogP contribution < -0.4 is 4.74 Å². The Bertz CT molecular complexity index is 1230. The normalized spacial score (nSPS) is 10.7. The third kappa shape index (κ3) is 3.60. The standard InChI is InChI=1S/C25H18O4/c1-29-23-12-11-20(15-22(23)16-5-3-2-4-6-16)24(26)19-9-7-18-14-21(25(27)28)10-8-17(18)13-19/h2-15H,1H3,(H,27,28). The maximum Gasteiger partial charge on any atom is 0.335 e. The number of carboxylic acids is 1. The molecule has 0 saturated heterocycles. The zero-order valence-electron chi connectivity index (χ0n) is 15.8. The lowest BCUT2D eigenvalue weighted by atomic mass is 9.96. The topological polar surface area (TPSA) is 63.6 Å². The maximum atomic E-state index is 13.1. The smallest absolute Gasteiger partial charge is 0.335 e. The second-order valence-corrected chi connectivity index (χ2v) is 6.69. The minimum atomic E-state index is -0.973. The van der Waals surface area contributed by atoms with E-state index in [1.54, 1.807) is 55.6 Å². The fraction of sp³-hybridized carbons (Fsp3) is 0.0400. The summed E-state index contributed by atoms with van der Waals surface area (Å²) in [7, 11) is 1.61. The van der Waals surface area contributed by atoms with Crippen LogP contribution in [0.2, 0.25) is 0 Å². The number of carbonyl (C=O) groups is 2. The van der Waals surface area contributed by atoms with Crippen LogP contribution >= 0.6 is 0 Å². The highest BCUT2D eigenvalue weighted by Gasteiger charge is 2.14. The van der Waals surface area contributed by atoms with Gasteiger partial charge in [0.25, 0.3) is 0 Å². The molecule has 4 rings (SSSR count). The summed E-state index contributed by atoms with van der Waals surface area (Å²) in [6.45, 7) is 0. The molecule has 1 N–H and O–H groups in total. The van der Waals surface area contributed by atoms with E-state index in [0.29, 0.717) is 16.9 Å². The summed E-state index contributed by atoms with van der Waals surface area (Å²) in [4.78, 5) is 24.3. The third-order valence-corrected chi connectivity index (χ3v) is 4.90. The van der Waals surface area contributed by atoms with Gasteiger partial charge in [-0.1, -0.05) is 48.5 Å². The first-order chi connectivity index (χ1) is 14.1. The fourth-order valence-corrected chi connectivity index (χ4v) is 3.38. The summed E-state index contributed by atoms with van der Waals surface area (Å²) in [5.41, 5.74) is 3.15. The number of methoxy groups -OCH3 is 1. The molecule has 0 aliphatic rings. The lowest BCUT2D eigenvalue weighted by molar-refractivity contribution is 0.0697. The van der Waals surface area contributed by atoms with Gasteiger partial charge in [-0.25, -0.2) is 4.79 Å². The molecule has 0 fully saturated rings. The molecule has 4 nitrogen and oxygen atoms in total. The molecule has 142 valence electrons. The number of benzene rings is 4. The monoisotopic (exact) mass is 382 g/mol. The van der Waals surface area contributed by atoms with Crippen LogP contribution in [0, 0.1) is 0 Å². The van der Waals surface area contributed by atoms with Gasteiger partial charge in [-0.2, -0.15) is 0 Å². The number of aromatic carboxylic acids is 1. The number of rotatable bonds is 5. The second kappa shape index (κ2) is 7.60. The van der Waals surface area contributed by atoms with Crippen LogP contribution in [-0.2, 0) is 0 Å². The predicted octanol–water partition coefficient (Wildman–Crippen LogP) is 5.44. The van der Waals surface area contributed by atoms with E-state index < -0.39 is 5.97 Å². The van der Waals surface area contributed by atoms with E-state index in [1.165, 1.54) is 0 Å². The summed E-state index contributed by atoms with van der Waals surface area (Å²) in [5, 5.41) is 10.7. The zero-order chi connectivity index (χ0) is 20.4. The van der Waals surface area contributed by atoms with Gasteiger partial charge in [0.15, 0.2) is 5.78 Å². The van der Waals surface area contributed by atoms with Crippen molar-refractivity contribution in [3.63, 3.8) is 0 Å². The van der Waals surface area contributed by atoms with E-state index in [-0.39, 0.29) is 11.3 Å². The Morgan fingerprint density at radius 3 is 1.97 bits per heavy atom. The molecule has 4 aromatic carbocycles. The Labute approximate surface area is 168 Å². The highest BCUT2D eigenvalue weighted by molar-refractivity contribution is 6.11. The van der Waals surface area contributed by atoms with Gasteiger partial charge in [-0.15, -0.1) is 0 Å². The van der Waals surface area contributed by atoms with Crippen molar-refractivity contribution in [3.8, 4) is 16.9 Å². The second-order valence-electron chi connectivity index (χ2n) is 6.69. The molecule has 0 radical (unpaired) electrons. The SMILES string of the molecule is COc1ccc(C(=O)c2ccc3cc(C(=O)O)ccc3c2)cc1-c1ccccc1. The predicted molar refractivity (Wildman–Crippen MR) is 113 cm³/mol. The van der Waals surface area contributed by atoms with Gasteiger partial charge in [0.1, 0.15) is 5.75 Å². The Balaban J connectivity index is 1.74. The Hall–Kier alpha value is -3.92. The average Bonchev–Trinajstić information content (AvgIpc) is 2.78. The molecule has 0 aliphatic carbocycles. The number of carboxylic acid groups (broad SMARTS) is 1. The van der Waals surface area contributed by atoms with Crippen LogP contribution in [-0.4, -0.2) is 24.0 Å². The van der Waals surface area contributed by atoms with Gasteiger partial charge in [-0.3, -0.25) is 4.79 Å². The van der Waals surface area contributed by atoms with Crippen LogP contribution in [0.3, 0.4) is 0 Å². The van der Waals surface area contributed by atoms with Gasteiger partial charge >= 0.3 is 5.97 Å². The summed E-state index contributed by atoms with van der Waals surface area (Å²) < 4.78 is 5.47. The minimum absolute atomic E-state index is 0.103. The highest BCUT2D eigenvalue weighted by Crippen LogP contribution is 2.31. The minimum Gasteiger partial charge on any atom is -0.496 e.